The number of benzene rings is 1. The number of halogens is 5. The molecule has 0 amide bonds. The van der Waals surface area contributed by atoms with Gasteiger partial charge in [-0.25, -0.2) is 9.37 Å². The van der Waals surface area contributed by atoms with Gasteiger partial charge < -0.3 is 9.47 Å². The minimum atomic E-state index is -4.66. The quantitative estimate of drug-likeness (QED) is 0.634. The number of rotatable bonds is 4. The van der Waals surface area contributed by atoms with E-state index in [-0.39, 0.29) is 27.8 Å². The van der Waals surface area contributed by atoms with Crippen LogP contribution in [-0.2, 0) is 6.18 Å². The van der Waals surface area contributed by atoms with Gasteiger partial charge >= 0.3 is 6.18 Å². The maximum Gasteiger partial charge on any atom is 0.420 e. The summed E-state index contributed by atoms with van der Waals surface area (Å²) in [6, 6.07) is 5.25. The third-order valence-electron chi connectivity index (χ3n) is 3.38. The Balaban J connectivity index is 2.15. The fourth-order valence-electron chi connectivity index (χ4n) is 2.29. The van der Waals surface area contributed by atoms with Crippen LogP contribution in [0.5, 0.6) is 17.4 Å². The number of aromatic nitrogens is 3. The van der Waals surface area contributed by atoms with Gasteiger partial charge in [-0.15, -0.1) is 0 Å². The second kappa shape index (κ2) is 6.83. The number of hydrogen-bond donors (Lipinski definition) is 1. The van der Waals surface area contributed by atoms with Crippen LogP contribution in [0.2, 0.25) is 5.02 Å². The van der Waals surface area contributed by atoms with Crippen molar-refractivity contribution in [2.45, 2.75) is 6.18 Å². The number of H-pyrrole nitrogens is 1. The van der Waals surface area contributed by atoms with Crippen LogP contribution in [0, 0.1) is 5.82 Å². The van der Waals surface area contributed by atoms with Crippen LogP contribution in [-0.4, -0.2) is 22.3 Å². The van der Waals surface area contributed by atoms with E-state index in [0.717, 1.165) is 12.3 Å². The third kappa shape index (κ3) is 3.43. The lowest BCUT2D eigenvalue weighted by Crippen LogP contribution is -2.06. The molecule has 0 bridgehead atoms. The van der Waals surface area contributed by atoms with E-state index in [1.165, 1.54) is 25.3 Å². The van der Waals surface area contributed by atoms with Crippen molar-refractivity contribution in [1.82, 2.24) is 15.2 Å². The van der Waals surface area contributed by atoms with E-state index in [2.05, 4.69) is 15.2 Å². The summed E-state index contributed by atoms with van der Waals surface area (Å²) in [5.74, 6) is -1.34. The van der Waals surface area contributed by atoms with E-state index in [4.69, 9.17) is 21.1 Å². The molecule has 0 aliphatic carbocycles. The Kier molecular flexibility index (Phi) is 4.73. The zero-order chi connectivity index (χ0) is 18.9. The van der Waals surface area contributed by atoms with Crippen LogP contribution in [0.15, 0.2) is 36.7 Å². The highest BCUT2D eigenvalue weighted by Crippen LogP contribution is 2.44. The number of pyridine rings is 1. The fraction of sp³-hybridized carbons (Fsp3) is 0.125. The van der Waals surface area contributed by atoms with Crippen LogP contribution in [0.3, 0.4) is 0 Å². The topological polar surface area (TPSA) is 60.0 Å². The molecule has 0 radical (unpaired) electrons. The molecule has 2 aromatic heterocycles. The monoisotopic (exact) mass is 387 g/mol. The Morgan fingerprint density at radius 2 is 1.88 bits per heavy atom. The Morgan fingerprint density at radius 1 is 1.15 bits per heavy atom. The first-order valence-corrected chi connectivity index (χ1v) is 7.46. The fourth-order valence-corrected chi connectivity index (χ4v) is 2.43. The molecule has 1 aromatic carbocycles. The Morgan fingerprint density at radius 3 is 2.54 bits per heavy atom. The maximum absolute atomic E-state index is 14.0. The van der Waals surface area contributed by atoms with Crippen LogP contribution in [0.25, 0.3) is 11.3 Å². The highest BCUT2D eigenvalue weighted by molar-refractivity contribution is 6.30. The van der Waals surface area contributed by atoms with Gasteiger partial charge in [0.15, 0.2) is 5.82 Å². The van der Waals surface area contributed by atoms with Crippen molar-refractivity contribution < 1.29 is 27.0 Å². The molecule has 10 heteroatoms. The number of ether oxygens (including phenoxy) is 2. The zero-order valence-electron chi connectivity index (χ0n) is 13.1. The normalized spacial score (nSPS) is 11.5. The van der Waals surface area contributed by atoms with E-state index in [1.54, 1.807) is 0 Å². The van der Waals surface area contributed by atoms with E-state index in [0.29, 0.717) is 6.20 Å². The summed E-state index contributed by atoms with van der Waals surface area (Å²) in [6.45, 7) is 0. The van der Waals surface area contributed by atoms with Gasteiger partial charge in [0.05, 0.1) is 29.6 Å². The van der Waals surface area contributed by atoms with Crippen molar-refractivity contribution in [1.29, 1.82) is 0 Å². The smallest absolute Gasteiger partial charge is 0.420 e. The summed E-state index contributed by atoms with van der Waals surface area (Å²) in [5, 5.41) is 5.79. The van der Waals surface area contributed by atoms with Gasteiger partial charge in [0.1, 0.15) is 17.1 Å². The zero-order valence-corrected chi connectivity index (χ0v) is 13.8. The van der Waals surface area contributed by atoms with Gasteiger partial charge in [0, 0.05) is 6.20 Å². The number of alkyl halides is 3. The van der Waals surface area contributed by atoms with Crippen molar-refractivity contribution in [3.05, 3.63) is 53.1 Å². The second-order valence-corrected chi connectivity index (χ2v) is 5.47. The largest absolute Gasteiger partial charge is 0.496 e. The average molecular weight is 388 g/mol. The number of methoxy groups -OCH3 is 1. The molecule has 2 heterocycles. The van der Waals surface area contributed by atoms with E-state index in [1.807, 2.05) is 0 Å². The third-order valence-corrected chi connectivity index (χ3v) is 3.59. The van der Waals surface area contributed by atoms with Crippen LogP contribution in [0.4, 0.5) is 17.6 Å². The minimum absolute atomic E-state index is 0.0497. The Labute approximate surface area is 149 Å². The van der Waals surface area contributed by atoms with E-state index >= 15 is 0 Å². The molecule has 3 aromatic rings. The molecular weight excluding hydrogens is 378 g/mol. The van der Waals surface area contributed by atoms with Gasteiger partial charge in [0.25, 0.3) is 5.88 Å². The van der Waals surface area contributed by atoms with Crippen LogP contribution in [0.1, 0.15) is 5.56 Å². The summed E-state index contributed by atoms with van der Waals surface area (Å²) >= 11 is 5.63. The first kappa shape index (κ1) is 18.0. The lowest BCUT2D eigenvalue weighted by atomic mass is 10.1. The number of nitrogens with zero attached hydrogens (tertiary/aromatic N) is 2. The molecule has 1 N–H and O–H groups in total. The van der Waals surface area contributed by atoms with E-state index < -0.39 is 23.4 Å². The van der Waals surface area contributed by atoms with Gasteiger partial charge in [-0.3, -0.25) is 5.10 Å². The van der Waals surface area contributed by atoms with Crippen LogP contribution < -0.4 is 9.47 Å². The summed E-state index contributed by atoms with van der Waals surface area (Å²) in [6.07, 6.45) is -2.87. The summed E-state index contributed by atoms with van der Waals surface area (Å²) in [4.78, 5) is 3.70. The molecule has 0 aliphatic rings. The van der Waals surface area contributed by atoms with Crippen molar-refractivity contribution in [3.63, 3.8) is 0 Å². The predicted molar refractivity (Wildman–Crippen MR) is 84.9 cm³/mol. The molecule has 0 fully saturated rings. The lowest BCUT2D eigenvalue weighted by molar-refractivity contribution is -0.137. The maximum atomic E-state index is 14.0. The number of aromatic amines is 1. The molecule has 0 spiro atoms. The average Bonchev–Trinajstić information content (AvgIpc) is 3.06. The second-order valence-electron chi connectivity index (χ2n) is 5.03. The summed E-state index contributed by atoms with van der Waals surface area (Å²) < 4.78 is 64.2. The van der Waals surface area contributed by atoms with Crippen LogP contribution >= 0.6 is 11.6 Å². The molecule has 26 heavy (non-hydrogen) atoms. The summed E-state index contributed by atoms with van der Waals surface area (Å²) in [5.41, 5.74) is -1.47. The Hall–Kier alpha value is -2.81. The molecule has 136 valence electrons. The first-order chi connectivity index (χ1) is 12.3. The van der Waals surface area contributed by atoms with Crippen molar-refractivity contribution in [2.75, 3.05) is 7.11 Å². The highest BCUT2D eigenvalue weighted by Gasteiger charge is 2.37. The van der Waals surface area contributed by atoms with Gasteiger partial charge in [-0.05, 0) is 18.2 Å². The number of nitrogens with one attached hydrogen (secondary N) is 1. The van der Waals surface area contributed by atoms with Crippen molar-refractivity contribution in [2.24, 2.45) is 0 Å². The van der Waals surface area contributed by atoms with Gasteiger partial charge in [-0.1, -0.05) is 17.7 Å². The first-order valence-electron chi connectivity index (χ1n) is 7.08. The van der Waals surface area contributed by atoms with Crippen molar-refractivity contribution >= 4 is 11.6 Å². The molecule has 0 atom stereocenters. The molecule has 5 nitrogen and oxygen atoms in total. The SMILES string of the molecule is COc1cccc(Oc2ncc(Cl)cc2F)c1-c1[nH]ncc1C(F)(F)F. The van der Waals surface area contributed by atoms with E-state index in [9.17, 15) is 17.6 Å². The predicted octanol–water partition coefficient (Wildman–Crippen LogP) is 5.08. The molecule has 0 saturated carbocycles. The molecule has 0 saturated heterocycles. The van der Waals surface area contributed by atoms with Crippen molar-refractivity contribution in [3.8, 4) is 28.6 Å². The standard InChI is InChI=1S/C16H10ClF4N3O2/c1-25-11-3-2-4-12(26-15-10(18)5-8(17)6-22-15)13(11)14-9(7-23-24-14)16(19,20)21/h2-7H,1H3,(H,23,24). The molecular formula is C16H10ClF4N3O2. The number of hydrogen-bond acceptors (Lipinski definition) is 4. The minimum Gasteiger partial charge on any atom is -0.496 e. The highest BCUT2D eigenvalue weighted by atomic mass is 35.5. The lowest BCUT2D eigenvalue weighted by Gasteiger charge is -2.15. The summed E-state index contributed by atoms with van der Waals surface area (Å²) in [7, 11) is 1.29. The van der Waals surface area contributed by atoms with Gasteiger partial charge in [0.2, 0.25) is 0 Å². The van der Waals surface area contributed by atoms with Gasteiger partial charge in [-0.2, -0.15) is 18.3 Å². The Bertz CT molecular complexity index is 943. The molecule has 0 aliphatic heterocycles. The molecule has 3 rings (SSSR count). The molecule has 0 unspecified atom stereocenters.